The smallest absolute Gasteiger partial charge is 0.0731 e. The number of hydrogen-bond donors (Lipinski definition) is 2. The highest BCUT2D eigenvalue weighted by molar-refractivity contribution is 9.11. The third-order valence-corrected chi connectivity index (χ3v) is 5.71. The van der Waals surface area contributed by atoms with Crippen LogP contribution in [0.25, 0.3) is 0 Å². The molecule has 102 valence electrons. The number of thiophene rings is 1. The molecule has 0 bridgehead atoms. The van der Waals surface area contributed by atoms with Gasteiger partial charge in [-0.25, -0.2) is 0 Å². The fourth-order valence-corrected chi connectivity index (χ4v) is 3.84. The van der Waals surface area contributed by atoms with Crippen LogP contribution in [-0.4, -0.2) is 0 Å². The minimum absolute atomic E-state index is 0.0194. The summed E-state index contributed by atoms with van der Waals surface area (Å²) in [6, 6.07) is 7.61. The van der Waals surface area contributed by atoms with Crippen LogP contribution in [0.1, 0.15) is 22.0 Å². The second kappa shape index (κ2) is 6.57. The van der Waals surface area contributed by atoms with Crippen LogP contribution in [0.2, 0.25) is 10.0 Å². The first kappa shape index (κ1) is 15.3. The first-order chi connectivity index (χ1) is 9.01. The second-order valence-electron chi connectivity index (χ2n) is 4.26. The average molecular weight is 380 g/mol. The number of benzene rings is 1. The summed E-state index contributed by atoms with van der Waals surface area (Å²) in [5.74, 6) is 5.67. The van der Waals surface area contributed by atoms with Gasteiger partial charge in [0.1, 0.15) is 0 Å². The molecule has 1 aromatic carbocycles. The van der Waals surface area contributed by atoms with Gasteiger partial charge in [0.15, 0.2) is 0 Å². The van der Waals surface area contributed by atoms with E-state index in [-0.39, 0.29) is 6.04 Å². The van der Waals surface area contributed by atoms with Crippen LogP contribution >= 0.6 is 50.5 Å². The monoisotopic (exact) mass is 378 g/mol. The molecule has 2 rings (SSSR count). The van der Waals surface area contributed by atoms with Gasteiger partial charge >= 0.3 is 0 Å². The molecular weight excluding hydrogens is 367 g/mol. The number of halogens is 3. The SMILES string of the molecule is Cc1cc(C(Cc2cc(Cl)ccc2Cl)NN)sc1Br. The molecule has 1 unspecified atom stereocenters. The normalized spacial score (nSPS) is 12.7. The lowest BCUT2D eigenvalue weighted by atomic mass is 10.0. The summed E-state index contributed by atoms with van der Waals surface area (Å²) in [5.41, 5.74) is 5.03. The summed E-state index contributed by atoms with van der Waals surface area (Å²) in [5, 5.41) is 1.38. The summed E-state index contributed by atoms with van der Waals surface area (Å²) in [6.07, 6.45) is 0.697. The Kier molecular flexibility index (Phi) is 5.29. The van der Waals surface area contributed by atoms with Crippen molar-refractivity contribution in [3.63, 3.8) is 0 Å². The number of nitrogens with one attached hydrogen (secondary N) is 1. The Morgan fingerprint density at radius 2 is 2.11 bits per heavy atom. The minimum Gasteiger partial charge on any atom is -0.271 e. The Labute approximate surface area is 135 Å². The second-order valence-corrected chi connectivity index (χ2v) is 7.51. The van der Waals surface area contributed by atoms with E-state index in [0.717, 1.165) is 9.35 Å². The van der Waals surface area contributed by atoms with Gasteiger partial charge in [-0.15, -0.1) is 11.3 Å². The van der Waals surface area contributed by atoms with E-state index >= 15 is 0 Å². The van der Waals surface area contributed by atoms with Gasteiger partial charge in [0.2, 0.25) is 0 Å². The molecule has 1 atom stereocenters. The third-order valence-electron chi connectivity index (χ3n) is 2.85. The van der Waals surface area contributed by atoms with Crippen LogP contribution in [0, 0.1) is 6.92 Å². The van der Waals surface area contributed by atoms with Crippen LogP contribution < -0.4 is 11.3 Å². The maximum absolute atomic E-state index is 6.19. The number of aryl methyl sites for hydroxylation is 1. The molecule has 1 aromatic heterocycles. The van der Waals surface area contributed by atoms with Crippen molar-refractivity contribution in [3.8, 4) is 0 Å². The largest absolute Gasteiger partial charge is 0.271 e. The average Bonchev–Trinajstić information content (AvgIpc) is 2.70. The molecule has 0 fully saturated rings. The summed E-state index contributed by atoms with van der Waals surface area (Å²) in [7, 11) is 0. The molecule has 1 heterocycles. The van der Waals surface area contributed by atoms with E-state index in [1.165, 1.54) is 10.4 Å². The number of nitrogens with two attached hydrogens (primary N) is 1. The van der Waals surface area contributed by atoms with Crippen LogP contribution in [0.5, 0.6) is 0 Å². The Morgan fingerprint density at radius 3 is 2.68 bits per heavy atom. The lowest BCUT2D eigenvalue weighted by Gasteiger charge is -2.15. The maximum atomic E-state index is 6.19. The zero-order chi connectivity index (χ0) is 14.0. The highest BCUT2D eigenvalue weighted by atomic mass is 79.9. The van der Waals surface area contributed by atoms with E-state index in [4.69, 9.17) is 29.0 Å². The van der Waals surface area contributed by atoms with Crippen molar-refractivity contribution >= 4 is 50.5 Å². The number of hydrogen-bond acceptors (Lipinski definition) is 3. The first-order valence-electron chi connectivity index (χ1n) is 5.67. The lowest BCUT2D eigenvalue weighted by Crippen LogP contribution is -2.29. The molecule has 0 aliphatic rings. The van der Waals surface area contributed by atoms with Crippen molar-refractivity contribution in [2.75, 3.05) is 0 Å². The minimum atomic E-state index is 0.0194. The van der Waals surface area contributed by atoms with Gasteiger partial charge in [0, 0.05) is 14.9 Å². The van der Waals surface area contributed by atoms with E-state index in [2.05, 4.69) is 34.3 Å². The van der Waals surface area contributed by atoms with Crippen molar-refractivity contribution in [2.24, 2.45) is 5.84 Å². The molecule has 6 heteroatoms. The summed E-state index contributed by atoms with van der Waals surface area (Å²) in [4.78, 5) is 1.17. The Morgan fingerprint density at radius 1 is 1.37 bits per heavy atom. The zero-order valence-corrected chi connectivity index (χ0v) is 14.1. The molecule has 0 aliphatic carbocycles. The number of hydrazine groups is 1. The number of rotatable bonds is 4. The Bertz CT molecular complexity index is 567. The van der Waals surface area contributed by atoms with Crippen LogP contribution in [0.15, 0.2) is 28.1 Å². The third kappa shape index (κ3) is 3.72. The predicted octanol–water partition coefficient (Wildman–Crippen LogP) is 4.87. The molecule has 19 heavy (non-hydrogen) atoms. The van der Waals surface area contributed by atoms with Crippen molar-refractivity contribution in [1.29, 1.82) is 0 Å². The van der Waals surface area contributed by atoms with E-state index in [0.29, 0.717) is 16.5 Å². The zero-order valence-electron chi connectivity index (χ0n) is 10.2. The van der Waals surface area contributed by atoms with Crippen molar-refractivity contribution in [2.45, 2.75) is 19.4 Å². The van der Waals surface area contributed by atoms with Gasteiger partial charge in [0.05, 0.1) is 9.83 Å². The highest BCUT2D eigenvalue weighted by Gasteiger charge is 2.16. The van der Waals surface area contributed by atoms with E-state index in [1.54, 1.807) is 17.4 Å². The van der Waals surface area contributed by atoms with Gasteiger partial charge in [-0.05, 0) is 64.7 Å². The van der Waals surface area contributed by atoms with Gasteiger partial charge < -0.3 is 0 Å². The van der Waals surface area contributed by atoms with Crippen LogP contribution in [-0.2, 0) is 6.42 Å². The fraction of sp³-hybridized carbons (Fsp3) is 0.231. The van der Waals surface area contributed by atoms with Gasteiger partial charge in [-0.2, -0.15) is 0 Å². The van der Waals surface area contributed by atoms with E-state index in [1.807, 2.05) is 12.1 Å². The molecule has 0 saturated carbocycles. The van der Waals surface area contributed by atoms with Crippen LogP contribution in [0.3, 0.4) is 0 Å². The Hall–Kier alpha value is -0.100. The fourth-order valence-electron chi connectivity index (χ4n) is 1.82. The van der Waals surface area contributed by atoms with Gasteiger partial charge in [-0.3, -0.25) is 11.3 Å². The van der Waals surface area contributed by atoms with Crippen molar-refractivity contribution in [1.82, 2.24) is 5.43 Å². The summed E-state index contributed by atoms with van der Waals surface area (Å²) < 4.78 is 1.12. The summed E-state index contributed by atoms with van der Waals surface area (Å²) in [6.45, 7) is 2.06. The van der Waals surface area contributed by atoms with Gasteiger partial charge in [-0.1, -0.05) is 23.2 Å². The maximum Gasteiger partial charge on any atom is 0.0731 e. The van der Waals surface area contributed by atoms with Crippen molar-refractivity contribution in [3.05, 3.63) is 54.1 Å². The molecule has 0 amide bonds. The molecule has 2 aromatic rings. The summed E-state index contributed by atoms with van der Waals surface area (Å²) >= 11 is 17.4. The predicted molar refractivity (Wildman–Crippen MR) is 87.0 cm³/mol. The molecule has 0 spiro atoms. The van der Waals surface area contributed by atoms with Crippen molar-refractivity contribution < 1.29 is 0 Å². The lowest BCUT2D eigenvalue weighted by molar-refractivity contribution is 0.560. The van der Waals surface area contributed by atoms with E-state index in [9.17, 15) is 0 Å². The molecule has 0 radical (unpaired) electrons. The molecule has 0 saturated heterocycles. The van der Waals surface area contributed by atoms with Gasteiger partial charge in [0.25, 0.3) is 0 Å². The van der Waals surface area contributed by atoms with E-state index < -0.39 is 0 Å². The first-order valence-corrected chi connectivity index (χ1v) is 8.03. The highest BCUT2D eigenvalue weighted by Crippen LogP contribution is 2.33. The van der Waals surface area contributed by atoms with Crippen LogP contribution in [0.4, 0.5) is 0 Å². The topological polar surface area (TPSA) is 38.0 Å². The molecular formula is C13H13BrCl2N2S. The molecule has 2 nitrogen and oxygen atoms in total. The standard InChI is InChI=1S/C13H13BrCl2N2S/c1-7-4-12(19-13(7)14)11(18-17)6-8-5-9(15)2-3-10(8)16/h2-5,11,18H,6,17H2,1H3. The Balaban J connectivity index is 2.26. The molecule has 3 N–H and O–H groups in total. The molecule has 0 aliphatic heterocycles. The quantitative estimate of drug-likeness (QED) is 0.587.